The van der Waals surface area contributed by atoms with Gasteiger partial charge in [0.2, 0.25) is 0 Å². The average molecular weight is 276 g/mol. The Morgan fingerprint density at radius 3 is 2.55 bits per heavy atom. The third kappa shape index (κ3) is 4.89. The second-order valence-electron chi connectivity index (χ2n) is 5.56. The summed E-state index contributed by atoms with van der Waals surface area (Å²) in [6.45, 7) is 10.5. The number of benzene rings is 1. The Kier molecular flexibility index (Phi) is 6.51. The van der Waals surface area contributed by atoms with Crippen molar-refractivity contribution in [2.24, 2.45) is 0 Å². The largest absolute Gasteiger partial charge is 0.377 e. The van der Waals surface area contributed by atoms with Gasteiger partial charge in [0.1, 0.15) is 0 Å². The topological polar surface area (TPSA) is 24.5 Å². The van der Waals surface area contributed by atoms with Crippen molar-refractivity contribution in [1.29, 1.82) is 0 Å². The van der Waals surface area contributed by atoms with Crippen LogP contribution in [0.4, 0.5) is 0 Å². The molecule has 3 heteroatoms. The highest BCUT2D eigenvalue weighted by Gasteiger charge is 2.18. The van der Waals surface area contributed by atoms with E-state index >= 15 is 0 Å². The first-order valence-corrected chi connectivity index (χ1v) is 7.94. The fourth-order valence-corrected chi connectivity index (χ4v) is 2.67. The van der Waals surface area contributed by atoms with E-state index in [0.29, 0.717) is 6.10 Å². The molecule has 1 atom stereocenters. The summed E-state index contributed by atoms with van der Waals surface area (Å²) in [4.78, 5) is 2.48. The molecule has 1 fully saturated rings. The van der Waals surface area contributed by atoms with Crippen molar-refractivity contribution in [3.63, 3.8) is 0 Å². The summed E-state index contributed by atoms with van der Waals surface area (Å²) in [5.74, 6) is 0. The zero-order valence-corrected chi connectivity index (χ0v) is 12.9. The van der Waals surface area contributed by atoms with Crippen LogP contribution in [0, 0.1) is 0 Å². The minimum atomic E-state index is 0.447. The molecule has 1 heterocycles. The Bertz CT molecular complexity index is 371. The smallest absolute Gasteiger partial charge is 0.0702 e. The summed E-state index contributed by atoms with van der Waals surface area (Å²) in [6, 6.07) is 8.98. The van der Waals surface area contributed by atoms with Gasteiger partial charge in [0.15, 0.2) is 0 Å². The molecular weight excluding hydrogens is 248 g/mol. The number of nitrogens with one attached hydrogen (secondary N) is 1. The maximum Gasteiger partial charge on any atom is 0.0702 e. The van der Waals surface area contributed by atoms with Gasteiger partial charge in [-0.1, -0.05) is 38.1 Å². The van der Waals surface area contributed by atoms with E-state index in [9.17, 15) is 0 Å². The van der Waals surface area contributed by atoms with Crippen LogP contribution in [0.5, 0.6) is 0 Å². The number of rotatable bonds is 8. The number of likely N-dealkylation sites (N-methyl/N-ethyl adjacent to an activating group) is 1. The number of hydrogen-bond acceptors (Lipinski definition) is 3. The molecule has 1 saturated heterocycles. The molecular formula is C17H28N2O. The van der Waals surface area contributed by atoms with Gasteiger partial charge in [-0.2, -0.15) is 0 Å². The number of nitrogens with zero attached hydrogens (tertiary/aromatic N) is 1. The van der Waals surface area contributed by atoms with Crippen LogP contribution in [-0.2, 0) is 17.8 Å². The van der Waals surface area contributed by atoms with Crippen molar-refractivity contribution in [3.8, 4) is 0 Å². The minimum Gasteiger partial charge on any atom is -0.377 e. The molecule has 3 nitrogen and oxygen atoms in total. The number of hydrogen-bond donors (Lipinski definition) is 1. The van der Waals surface area contributed by atoms with Gasteiger partial charge < -0.3 is 10.1 Å². The highest BCUT2D eigenvalue weighted by molar-refractivity contribution is 5.22. The molecule has 1 aromatic rings. The van der Waals surface area contributed by atoms with E-state index in [1.807, 2.05) is 0 Å². The summed E-state index contributed by atoms with van der Waals surface area (Å²) in [7, 11) is 0. The van der Waals surface area contributed by atoms with Crippen LogP contribution in [0.3, 0.4) is 0 Å². The molecule has 1 N–H and O–H groups in total. The third-order valence-electron chi connectivity index (χ3n) is 3.94. The van der Waals surface area contributed by atoms with Gasteiger partial charge in [0.25, 0.3) is 0 Å². The summed E-state index contributed by atoms with van der Waals surface area (Å²) in [5.41, 5.74) is 2.75. The minimum absolute atomic E-state index is 0.447. The number of ether oxygens (including phenoxy) is 1. The average Bonchev–Trinajstić information content (AvgIpc) is 2.99. The molecule has 0 saturated carbocycles. The third-order valence-corrected chi connectivity index (χ3v) is 3.94. The summed E-state index contributed by atoms with van der Waals surface area (Å²) < 4.78 is 5.74. The van der Waals surface area contributed by atoms with Crippen LogP contribution in [0.1, 0.15) is 37.8 Å². The van der Waals surface area contributed by atoms with Crippen LogP contribution in [0.2, 0.25) is 0 Å². The van der Waals surface area contributed by atoms with Crippen molar-refractivity contribution in [2.75, 3.05) is 26.2 Å². The lowest BCUT2D eigenvalue weighted by Crippen LogP contribution is -2.31. The van der Waals surface area contributed by atoms with Gasteiger partial charge in [-0.25, -0.2) is 0 Å². The molecule has 0 aromatic heterocycles. The first-order chi connectivity index (χ1) is 9.81. The Morgan fingerprint density at radius 1 is 1.20 bits per heavy atom. The normalized spacial score (nSPS) is 18.9. The standard InChI is InChI=1S/C17H28N2O/c1-3-18-12-15-7-9-16(10-8-15)13-19(4-2)14-17-6-5-11-20-17/h7-10,17-18H,3-6,11-14H2,1-2H3. The SMILES string of the molecule is CCNCc1ccc(CN(CC)CC2CCCO2)cc1. The Hall–Kier alpha value is -0.900. The molecule has 0 radical (unpaired) electrons. The molecule has 1 aliphatic rings. The molecule has 0 aliphatic carbocycles. The van der Waals surface area contributed by atoms with Gasteiger partial charge in [-0.05, 0) is 37.1 Å². The van der Waals surface area contributed by atoms with Gasteiger partial charge in [-0.3, -0.25) is 4.90 Å². The van der Waals surface area contributed by atoms with Crippen molar-refractivity contribution in [3.05, 3.63) is 35.4 Å². The fourth-order valence-electron chi connectivity index (χ4n) is 2.67. The lowest BCUT2D eigenvalue weighted by atomic mass is 10.1. The van der Waals surface area contributed by atoms with Crippen molar-refractivity contribution in [2.45, 2.75) is 45.9 Å². The maximum absolute atomic E-state index is 5.74. The predicted molar refractivity (Wildman–Crippen MR) is 83.7 cm³/mol. The lowest BCUT2D eigenvalue weighted by molar-refractivity contribution is 0.0725. The van der Waals surface area contributed by atoms with Gasteiger partial charge in [-0.15, -0.1) is 0 Å². The summed E-state index contributed by atoms with van der Waals surface area (Å²) in [5, 5.41) is 3.36. The highest BCUT2D eigenvalue weighted by Crippen LogP contribution is 2.15. The van der Waals surface area contributed by atoms with Gasteiger partial charge >= 0.3 is 0 Å². The molecule has 112 valence electrons. The van der Waals surface area contributed by atoms with Crippen LogP contribution < -0.4 is 5.32 Å². The first kappa shape index (κ1) is 15.5. The van der Waals surface area contributed by atoms with Crippen molar-refractivity contribution < 1.29 is 4.74 Å². The maximum atomic E-state index is 5.74. The van der Waals surface area contributed by atoms with Crippen molar-refractivity contribution in [1.82, 2.24) is 10.2 Å². The molecule has 0 amide bonds. The molecule has 0 spiro atoms. The summed E-state index contributed by atoms with van der Waals surface area (Å²) in [6.07, 6.45) is 2.89. The molecule has 1 aliphatic heterocycles. The van der Waals surface area contributed by atoms with Crippen LogP contribution in [0.15, 0.2) is 24.3 Å². The van der Waals surface area contributed by atoms with Gasteiger partial charge in [0, 0.05) is 26.2 Å². The Labute approximate surface area is 123 Å². The second-order valence-corrected chi connectivity index (χ2v) is 5.56. The second kappa shape index (κ2) is 8.40. The Morgan fingerprint density at radius 2 is 1.95 bits per heavy atom. The van der Waals surface area contributed by atoms with E-state index in [2.05, 4.69) is 48.3 Å². The molecule has 1 unspecified atom stereocenters. The van der Waals surface area contributed by atoms with Crippen molar-refractivity contribution >= 4 is 0 Å². The quantitative estimate of drug-likeness (QED) is 0.790. The highest BCUT2D eigenvalue weighted by atomic mass is 16.5. The van der Waals surface area contributed by atoms with Crippen LogP contribution >= 0.6 is 0 Å². The molecule has 2 rings (SSSR count). The molecule has 1 aromatic carbocycles. The monoisotopic (exact) mass is 276 g/mol. The van der Waals surface area contributed by atoms with E-state index < -0.39 is 0 Å². The summed E-state index contributed by atoms with van der Waals surface area (Å²) >= 11 is 0. The zero-order valence-electron chi connectivity index (χ0n) is 12.9. The predicted octanol–water partition coefficient (Wildman–Crippen LogP) is 2.80. The van der Waals surface area contributed by atoms with Crippen LogP contribution in [-0.4, -0.2) is 37.2 Å². The van der Waals surface area contributed by atoms with Gasteiger partial charge in [0.05, 0.1) is 6.10 Å². The van der Waals surface area contributed by atoms with E-state index in [1.165, 1.54) is 24.0 Å². The molecule has 0 bridgehead atoms. The Balaban J connectivity index is 1.83. The first-order valence-electron chi connectivity index (χ1n) is 7.94. The van der Waals surface area contributed by atoms with Crippen LogP contribution in [0.25, 0.3) is 0 Å². The van der Waals surface area contributed by atoms with E-state index in [-0.39, 0.29) is 0 Å². The fraction of sp³-hybridized carbons (Fsp3) is 0.647. The lowest BCUT2D eigenvalue weighted by Gasteiger charge is -2.23. The molecule has 20 heavy (non-hydrogen) atoms. The van der Waals surface area contributed by atoms with E-state index in [0.717, 1.165) is 39.3 Å². The van der Waals surface area contributed by atoms with E-state index in [4.69, 9.17) is 4.74 Å². The van der Waals surface area contributed by atoms with E-state index in [1.54, 1.807) is 0 Å². The zero-order chi connectivity index (χ0) is 14.2.